The van der Waals surface area contributed by atoms with Crippen LogP contribution in [0, 0.1) is 0 Å². The van der Waals surface area contributed by atoms with E-state index in [0.29, 0.717) is 11.1 Å². The summed E-state index contributed by atoms with van der Waals surface area (Å²) in [4.78, 5) is 24.4. The van der Waals surface area contributed by atoms with E-state index in [1.807, 2.05) is 0 Å². The number of ether oxygens (including phenoxy) is 3. The average molecular weight is 346 g/mol. The van der Waals surface area contributed by atoms with E-state index in [-0.39, 0.29) is 0 Å². The number of imide groups is 1. The predicted octanol–water partition coefficient (Wildman–Crippen LogP) is 2.97. The number of hydrogen-bond donors (Lipinski definition) is 0. The molecule has 110 valence electrons. The zero-order chi connectivity index (χ0) is 15.1. The van der Waals surface area contributed by atoms with E-state index in [1.165, 1.54) is 14.2 Å². The molecule has 2 amide bonds. The molecule has 1 atom stereocenters. The van der Waals surface area contributed by atoms with Crippen LogP contribution in [0.15, 0.2) is 24.3 Å². The molecule has 20 heavy (non-hydrogen) atoms. The van der Waals surface area contributed by atoms with Crippen LogP contribution in [0.1, 0.15) is 11.6 Å². The lowest BCUT2D eigenvalue weighted by atomic mass is 10.1. The SMILES string of the molecule is COC(=O)N(C(=O)OC)C(CBr)c1ccc(OC)cc1. The normalized spacial score (nSPS) is 11.4. The highest BCUT2D eigenvalue weighted by atomic mass is 79.9. The lowest BCUT2D eigenvalue weighted by Gasteiger charge is -2.26. The summed E-state index contributed by atoms with van der Waals surface area (Å²) in [6, 6.07) is 6.49. The fourth-order valence-electron chi connectivity index (χ4n) is 1.66. The smallest absolute Gasteiger partial charge is 0.419 e. The Balaban J connectivity index is 3.11. The lowest BCUT2D eigenvalue weighted by Crippen LogP contribution is -2.40. The first-order valence-electron chi connectivity index (χ1n) is 5.74. The number of amides is 2. The minimum absolute atomic E-state index is 0.351. The van der Waals surface area contributed by atoms with Crippen molar-refractivity contribution in [2.45, 2.75) is 6.04 Å². The van der Waals surface area contributed by atoms with Crippen molar-refractivity contribution in [1.82, 2.24) is 4.90 Å². The summed E-state index contributed by atoms with van der Waals surface area (Å²) < 4.78 is 14.3. The molecular formula is C13H16BrNO5. The van der Waals surface area contributed by atoms with Gasteiger partial charge in [-0.3, -0.25) is 0 Å². The molecule has 0 heterocycles. The van der Waals surface area contributed by atoms with E-state index in [1.54, 1.807) is 31.4 Å². The molecule has 0 N–H and O–H groups in total. The third-order valence-electron chi connectivity index (χ3n) is 2.70. The molecule has 1 rings (SSSR count). The Morgan fingerprint density at radius 1 is 1.10 bits per heavy atom. The summed E-state index contributed by atoms with van der Waals surface area (Å²) in [6.07, 6.45) is -1.56. The van der Waals surface area contributed by atoms with Crippen molar-refractivity contribution in [3.05, 3.63) is 29.8 Å². The third kappa shape index (κ3) is 3.63. The molecule has 0 aromatic heterocycles. The van der Waals surface area contributed by atoms with Gasteiger partial charge >= 0.3 is 12.2 Å². The maximum Gasteiger partial charge on any atom is 0.419 e. The van der Waals surface area contributed by atoms with Crippen molar-refractivity contribution in [3.8, 4) is 5.75 Å². The number of halogens is 1. The second-order valence-corrected chi connectivity index (χ2v) is 4.40. The number of benzene rings is 1. The molecule has 6 nitrogen and oxygen atoms in total. The van der Waals surface area contributed by atoms with Gasteiger partial charge in [0.1, 0.15) is 5.75 Å². The van der Waals surface area contributed by atoms with Gasteiger partial charge in [-0.15, -0.1) is 0 Å². The van der Waals surface area contributed by atoms with Crippen molar-refractivity contribution >= 4 is 28.1 Å². The molecule has 1 unspecified atom stereocenters. The van der Waals surface area contributed by atoms with Gasteiger partial charge in [0.25, 0.3) is 0 Å². The first kappa shape index (κ1) is 16.3. The molecule has 0 radical (unpaired) electrons. The minimum Gasteiger partial charge on any atom is -0.497 e. The minimum atomic E-state index is -0.780. The van der Waals surface area contributed by atoms with Crippen LogP contribution < -0.4 is 4.74 Å². The van der Waals surface area contributed by atoms with Crippen LogP contribution >= 0.6 is 15.9 Å². The van der Waals surface area contributed by atoms with Gasteiger partial charge in [-0.1, -0.05) is 28.1 Å². The van der Waals surface area contributed by atoms with E-state index in [4.69, 9.17) is 4.74 Å². The van der Waals surface area contributed by atoms with Crippen LogP contribution in [-0.2, 0) is 9.47 Å². The van der Waals surface area contributed by atoms with Gasteiger partial charge in [0, 0.05) is 5.33 Å². The molecule has 7 heteroatoms. The summed E-state index contributed by atoms with van der Waals surface area (Å²) in [5.41, 5.74) is 0.749. The van der Waals surface area contributed by atoms with Crippen molar-refractivity contribution < 1.29 is 23.8 Å². The number of hydrogen-bond acceptors (Lipinski definition) is 5. The molecule has 0 spiro atoms. The number of rotatable bonds is 4. The van der Waals surface area contributed by atoms with Gasteiger partial charge in [0.2, 0.25) is 0 Å². The zero-order valence-corrected chi connectivity index (χ0v) is 13.0. The zero-order valence-electron chi connectivity index (χ0n) is 11.5. The third-order valence-corrected chi connectivity index (χ3v) is 3.31. The lowest BCUT2D eigenvalue weighted by molar-refractivity contribution is 0.0865. The molecule has 0 aliphatic rings. The van der Waals surface area contributed by atoms with Gasteiger partial charge in [0.15, 0.2) is 0 Å². The van der Waals surface area contributed by atoms with Crippen molar-refractivity contribution in [2.24, 2.45) is 0 Å². The molecular weight excluding hydrogens is 330 g/mol. The number of methoxy groups -OCH3 is 3. The summed E-state index contributed by atoms with van der Waals surface area (Å²) in [5.74, 6) is 0.685. The summed E-state index contributed by atoms with van der Waals surface area (Å²) in [5, 5.41) is 0.351. The van der Waals surface area contributed by atoms with Crippen LogP contribution in [0.2, 0.25) is 0 Å². The Labute approximate surface area is 125 Å². The highest BCUT2D eigenvalue weighted by Gasteiger charge is 2.32. The van der Waals surface area contributed by atoms with Crippen molar-refractivity contribution in [3.63, 3.8) is 0 Å². The first-order chi connectivity index (χ1) is 9.58. The summed E-state index contributed by atoms with van der Waals surface area (Å²) in [6.45, 7) is 0. The summed E-state index contributed by atoms with van der Waals surface area (Å²) in [7, 11) is 3.97. The van der Waals surface area contributed by atoms with Crippen LogP contribution in [0.3, 0.4) is 0 Å². The fraction of sp³-hybridized carbons (Fsp3) is 0.385. The Morgan fingerprint density at radius 2 is 1.60 bits per heavy atom. The van der Waals surface area contributed by atoms with Gasteiger partial charge in [-0.25, -0.2) is 14.5 Å². The van der Waals surface area contributed by atoms with Crippen molar-refractivity contribution in [2.75, 3.05) is 26.7 Å². The molecule has 0 saturated carbocycles. The highest BCUT2D eigenvalue weighted by Crippen LogP contribution is 2.26. The monoisotopic (exact) mass is 345 g/mol. The van der Waals surface area contributed by atoms with Crippen molar-refractivity contribution in [1.29, 1.82) is 0 Å². The van der Waals surface area contributed by atoms with Crippen LogP contribution in [0.25, 0.3) is 0 Å². The van der Waals surface area contributed by atoms with E-state index in [0.717, 1.165) is 10.5 Å². The molecule has 0 aliphatic heterocycles. The molecule has 0 aliphatic carbocycles. The van der Waals surface area contributed by atoms with Crippen LogP contribution in [-0.4, -0.2) is 43.7 Å². The Bertz CT molecular complexity index is 446. The average Bonchev–Trinajstić information content (AvgIpc) is 2.51. The second kappa shape index (κ2) is 7.74. The molecule has 1 aromatic rings. The Hall–Kier alpha value is -1.76. The van der Waals surface area contributed by atoms with Crippen LogP contribution in [0.4, 0.5) is 9.59 Å². The number of alkyl halides is 1. The Kier molecular flexibility index (Phi) is 6.30. The molecule has 1 aromatic carbocycles. The fourth-order valence-corrected chi connectivity index (χ4v) is 2.32. The van der Waals surface area contributed by atoms with E-state index >= 15 is 0 Å². The summed E-state index contributed by atoms with van der Waals surface area (Å²) >= 11 is 3.30. The highest BCUT2D eigenvalue weighted by molar-refractivity contribution is 9.09. The first-order valence-corrected chi connectivity index (χ1v) is 6.86. The second-order valence-electron chi connectivity index (χ2n) is 3.75. The van der Waals surface area contributed by atoms with Gasteiger partial charge in [0.05, 0.1) is 27.4 Å². The molecule has 0 fully saturated rings. The van der Waals surface area contributed by atoms with Gasteiger partial charge in [-0.2, -0.15) is 0 Å². The Morgan fingerprint density at radius 3 is 1.95 bits per heavy atom. The topological polar surface area (TPSA) is 65.1 Å². The predicted molar refractivity (Wildman–Crippen MR) is 76.2 cm³/mol. The maximum atomic E-state index is 11.8. The number of carbonyl (C=O) groups is 2. The largest absolute Gasteiger partial charge is 0.497 e. The molecule has 0 bridgehead atoms. The van der Waals surface area contributed by atoms with E-state index in [2.05, 4.69) is 25.4 Å². The van der Waals surface area contributed by atoms with E-state index < -0.39 is 18.2 Å². The van der Waals surface area contributed by atoms with Gasteiger partial charge < -0.3 is 14.2 Å². The quantitative estimate of drug-likeness (QED) is 0.785. The number of carbonyl (C=O) groups excluding carboxylic acids is 2. The van der Waals surface area contributed by atoms with Crippen LogP contribution in [0.5, 0.6) is 5.75 Å². The number of nitrogens with zero attached hydrogens (tertiary/aromatic N) is 1. The molecule has 0 saturated heterocycles. The van der Waals surface area contributed by atoms with E-state index in [9.17, 15) is 9.59 Å². The maximum absolute atomic E-state index is 11.8. The van der Waals surface area contributed by atoms with Gasteiger partial charge in [-0.05, 0) is 17.7 Å². The standard InChI is InChI=1S/C13H16BrNO5/c1-18-10-6-4-9(5-7-10)11(8-14)15(12(16)19-2)13(17)20-3/h4-7,11H,8H2,1-3H3.